The van der Waals surface area contributed by atoms with E-state index >= 15 is 0 Å². The lowest BCUT2D eigenvalue weighted by Crippen LogP contribution is -2.34. The maximum atomic E-state index is 12.4. The zero-order valence-corrected chi connectivity index (χ0v) is 16.6. The second kappa shape index (κ2) is 9.70. The van der Waals surface area contributed by atoms with Gasteiger partial charge in [0, 0.05) is 5.56 Å². The maximum absolute atomic E-state index is 12.4. The first-order valence-electron chi connectivity index (χ1n) is 8.56. The van der Waals surface area contributed by atoms with Crippen LogP contribution in [0, 0.1) is 5.92 Å². The number of thiocarbonyl (C=S) groups is 1. The molecule has 0 bridgehead atoms. The van der Waals surface area contributed by atoms with Crippen LogP contribution in [0.1, 0.15) is 34.6 Å². The van der Waals surface area contributed by atoms with E-state index < -0.39 is 11.9 Å². The number of anilines is 1. The molecule has 0 saturated heterocycles. The number of hydrogen-bond acceptors (Lipinski definition) is 5. The van der Waals surface area contributed by atoms with Crippen molar-refractivity contribution < 1.29 is 24.2 Å². The standard InChI is InChI=1S/C20H22N2O5S/c1-12(2)11-27-15-6-4-5-13(9-15)18(23)22-20(28)21-16-10-14(19(24)25)7-8-17(16)26-3/h4-10,12H,11H2,1-3H3,(H,24,25)(H2,21,22,23,28). The van der Waals surface area contributed by atoms with Gasteiger partial charge in [-0.2, -0.15) is 0 Å². The number of carbonyl (C=O) groups is 2. The first-order chi connectivity index (χ1) is 13.3. The summed E-state index contributed by atoms with van der Waals surface area (Å²) in [6, 6.07) is 11.1. The van der Waals surface area contributed by atoms with Crippen molar-refractivity contribution in [3.8, 4) is 11.5 Å². The van der Waals surface area contributed by atoms with Crippen LogP contribution in [0.3, 0.4) is 0 Å². The molecule has 28 heavy (non-hydrogen) atoms. The molecule has 0 aromatic heterocycles. The van der Waals surface area contributed by atoms with Crippen molar-refractivity contribution >= 4 is 34.9 Å². The summed E-state index contributed by atoms with van der Waals surface area (Å²) in [5, 5.41) is 14.5. The summed E-state index contributed by atoms with van der Waals surface area (Å²) in [5.74, 6) is -0.146. The fourth-order valence-electron chi connectivity index (χ4n) is 2.26. The first kappa shape index (κ1) is 21.2. The minimum atomic E-state index is -1.08. The van der Waals surface area contributed by atoms with Crippen LogP contribution in [0.15, 0.2) is 42.5 Å². The van der Waals surface area contributed by atoms with E-state index in [2.05, 4.69) is 10.6 Å². The molecule has 0 aliphatic carbocycles. The second-order valence-electron chi connectivity index (χ2n) is 6.36. The lowest BCUT2D eigenvalue weighted by atomic mass is 10.2. The van der Waals surface area contributed by atoms with Crippen LogP contribution in [0.5, 0.6) is 11.5 Å². The molecule has 0 aliphatic rings. The van der Waals surface area contributed by atoms with Crippen LogP contribution in [-0.2, 0) is 0 Å². The van der Waals surface area contributed by atoms with Gasteiger partial charge in [-0.1, -0.05) is 19.9 Å². The summed E-state index contributed by atoms with van der Waals surface area (Å²) < 4.78 is 10.8. The molecule has 0 saturated carbocycles. The molecular weight excluding hydrogens is 380 g/mol. The molecule has 0 fully saturated rings. The highest BCUT2D eigenvalue weighted by atomic mass is 32.1. The molecule has 2 aromatic carbocycles. The topological polar surface area (TPSA) is 96.9 Å². The van der Waals surface area contributed by atoms with E-state index in [0.29, 0.717) is 35.3 Å². The van der Waals surface area contributed by atoms with Gasteiger partial charge in [0.05, 0.1) is 25.0 Å². The molecule has 148 valence electrons. The van der Waals surface area contributed by atoms with Gasteiger partial charge in [-0.15, -0.1) is 0 Å². The quantitative estimate of drug-likeness (QED) is 0.609. The van der Waals surface area contributed by atoms with Gasteiger partial charge >= 0.3 is 5.97 Å². The number of methoxy groups -OCH3 is 1. The van der Waals surface area contributed by atoms with E-state index in [0.717, 1.165) is 0 Å². The van der Waals surface area contributed by atoms with Gasteiger partial charge in [0.15, 0.2) is 5.11 Å². The maximum Gasteiger partial charge on any atom is 0.335 e. The SMILES string of the molecule is COc1ccc(C(=O)O)cc1NC(=S)NC(=O)c1cccc(OCC(C)C)c1. The summed E-state index contributed by atoms with van der Waals surface area (Å²) in [7, 11) is 1.45. The Morgan fingerprint density at radius 1 is 1.14 bits per heavy atom. The summed E-state index contributed by atoms with van der Waals surface area (Å²) in [4.78, 5) is 23.6. The van der Waals surface area contributed by atoms with Gasteiger partial charge in [-0.3, -0.25) is 10.1 Å². The molecule has 0 heterocycles. The van der Waals surface area contributed by atoms with Crippen LogP contribution in [0.4, 0.5) is 5.69 Å². The molecule has 3 N–H and O–H groups in total. The molecule has 2 aromatic rings. The number of amides is 1. The van der Waals surface area contributed by atoms with Crippen molar-refractivity contribution in [3.63, 3.8) is 0 Å². The number of carboxylic acid groups (broad SMARTS) is 1. The third-order valence-corrected chi connectivity index (χ3v) is 3.81. The van der Waals surface area contributed by atoms with E-state index in [-0.39, 0.29) is 10.7 Å². The normalized spacial score (nSPS) is 10.3. The molecule has 7 nitrogen and oxygen atoms in total. The Morgan fingerprint density at radius 3 is 2.54 bits per heavy atom. The molecule has 2 rings (SSSR count). The lowest BCUT2D eigenvalue weighted by Gasteiger charge is -2.14. The van der Waals surface area contributed by atoms with Crippen LogP contribution in [0.25, 0.3) is 0 Å². The number of ether oxygens (including phenoxy) is 2. The summed E-state index contributed by atoms with van der Waals surface area (Å²) in [5.41, 5.74) is 0.783. The lowest BCUT2D eigenvalue weighted by molar-refractivity contribution is 0.0696. The van der Waals surface area contributed by atoms with Crippen LogP contribution >= 0.6 is 12.2 Å². The largest absolute Gasteiger partial charge is 0.495 e. The minimum Gasteiger partial charge on any atom is -0.495 e. The van der Waals surface area contributed by atoms with Gasteiger partial charge in [0.25, 0.3) is 5.91 Å². The molecule has 0 radical (unpaired) electrons. The summed E-state index contributed by atoms with van der Waals surface area (Å²) in [6.45, 7) is 4.62. The monoisotopic (exact) mass is 402 g/mol. The predicted octanol–water partition coefficient (Wildman–Crippen LogP) is 3.56. The Morgan fingerprint density at radius 2 is 1.89 bits per heavy atom. The van der Waals surface area contributed by atoms with Crippen molar-refractivity contribution in [1.29, 1.82) is 0 Å². The Balaban J connectivity index is 2.07. The molecule has 1 amide bonds. The Bertz CT molecular complexity index is 883. The van der Waals surface area contributed by atoms with Gasteiger partial charge in [0.2, 0.25) is 0 Å². The number of carbonyl (C=O) groups excluding carboxylic acids is 1. The smallest absolute Gasteiger partial charge is 0.335 e. The van der Waals surface area contributed by atoms with Crippen molar-refractivity contribution in [2.24, 2.45) is 5.92 Å². The average Bonchev–Trinajstić information content (AvgIpc) is 2.66. The Hall–Kier alpha value is -3.13. The zero-order chi connectivity index (χ0) is 20.7. The number of rotatable bonds is 7. The van der Waals surface area contributed by atoms with Crippen molar-refractivity contribution in [3.05, 3.63) is 53.6 Å². The number of aromatic carboxylic acids is 1. The van der Waals surface area contributed by atoms with E-state index in [9.17, 15) is 9.59 Å². The third kappa shape index (κ3) is 5.95. The molecule has 0 aliphatic heterocycles. The highest BCUT2D eigenvalue weighted by Crippen LogP contribution is 2.25. The minimum absolute atomic E-state index is 0.0133. The van der Waals surface area contributed by atoms with Gasteiger partial charge in [0.1, 0.15) is 11.5 Å². The second-order valence-corrected chi connectivity index (χ2v) is 6.77. The molecule has 0 unspecified atom stereocenters. The number of hydrogen-bond donors (Lipinski definition) is 3. The zero-order valence-electron chi connectivity index (χ0n) is 15.8. The third-order valence-electron chi connectivity index (χ3n) is 3.60. The summed E-state index contributed by atoms with van der Waals surface area (Å²) >= 11 is 5.17. The molecule has 0 spiro atoms. The van der Waals surface area contributed by atoms with Crippen LogP contribution in [-0.4, -0.2) is 35.8 Å². The van der Waals surface area contributed by atoms with Gasteiger partial charge in [-0.25, -0.2) is 4.79 Å². The molecular formula is C20H22N2O5S. The Labute approximate surface area is 168 Å². The summed E-state index contributed by atoms with van der Waals surface area (Å²) in [6.07, 6.45) is 0. The highest BCUT2D eigenvalue weighted by molar-refractivity contribution is 7.80. The number of nitrogens with one attached hydrogen (secondary N) is 2. The van der Waals surface area contributed by atoms with Crippen LogP contribution in [0.2, 0.25) is 0 Å². The highest BCUT2D eigenvalue weighted by Gasteiger charge is 2.13. The van der Waals surface area contributed by atoms with Gasteiger partial charge < -0.3 is 19.9 Å². The number of benzene rings is 2. The van der Waals surface area contributed by atoms with E-state index in [4.69, 9.17) is 26.8 Å². The first-order valence-corrected chi connectivity index (χ1v) is 8.97. The predicted molar refractivity (Wildman–Crippen MR) is 110 cm³/mol. The van der Waals surface area contributed by atoms with Crippen molar-refractivity contribution in [2.75, 3.05) is 19.0 Å². The van der Waals surface area contributed by atoms with Gasteiger partial charge in [-0.05, 0) is 54.5 Å². The van der Waals surface area contributed by atoms with E-state index in [1.54, 1.807) is 24.3 Å². The average molecular weight is 402 g/mol. The van der Waals surface area contributed by atoms with E-state index in [1.807, 2.05) is 13.8 Å². The fraction of sp³-hybridized carbons (Fsp3) is 0.250. The fourth-order valence-corrected chi connectivity index (χ4v) is 2.46. The Kier molecular flexibility index (Phi) is 7.34. The van der Waals surface area contributed by atoms with E-state index in [1.165, 1.54) is 25.3 Å². The number of carboxylic acids is 1. The van der Waals surface area contributed by atoms with Crippen molar-refractivity contribution in [2.45, 2.75) is 13.8 Å². The van der Waals surface area contributed by atoms with Crippen LogP contribution < -0.4 is 20.1 Å². The molecule has 0 atom stereocenters. The molecule has 8 heteroatoms. The van der Waals surface area contributed by atoms with Crippen molar-refractivity contribution in [1.82, 2.24) is 5.32 Å².